The Morgan fingerprint density at radius 2 is 2.21 bits per heavy atom. The molecule has 0 aliphatic heterocycles. The Morgan fingerprint density at radius 3 is 2.74 bits per heavy atom. The first-order valence-corrected chi connectivity index (χ1v) is 6.28. The third-order valence-electron chi connectivity index (χ3n) is 2.51. The number of rotatable bonds is 8. The lowest BCUT2D eigenvalue weighted by molar-refractivity contribution is 0.0950. The minimum Gasteiger partial charge on any atom is -0.383 e. The van der Waals surface area contributed by atoms with E-state index < -0.39 is 0 Å². The second-order valence-electron chi connectivity index (χ2n) is 3.90. The van der Waals surface area contributed by atoms with E-state index in [0.29, 0.717) is 44.3 Å². The summed E-state index contributed by atoms with van der Waals surface area (Å²) < 4.78 is 5.04. The first-order chi connectivity index (χ1) is 9.22. The van der Waals surface area contributed by atoms with Crippen LogP contribution in [0.4, 0.5) is 5.82 Å². The first-order valence-electron chi connectivity index (χ1n) is 6.28. The zero-order valence-electron chi connectivity index (χ0n) is 11.4. The smallest absolute Gasteiger partial charge is 0.271 e. The molecular formula is C12H21N5O2. The van der Waals surface area contributed by atoms with Gasteiger partial charge in [-0.05, 0) is 19.1 Å². The standard InChI is InChI=1S/C12H21N5O2/c1-3-14-12(18)10-4-5-11(16-15-10)17(7-6-13)8-9-19-2/h4-5H,3,6-9,13H2,1-2H3,(H,14,18). The van der Waals surface area contributed by atoms with Crippen molar-refractivity contribution < 1.29 is 9.53 Å². The molecule has 0 unspecified atom stereocenters. The Balaban J connectivity index is 2.73. The molecule has 0 saturated heterocycles. The van der Waals surface area contributed by atoms with Crippen LogP contribution in [0, 0.1) is 0 Å². The van der Waals surface area contributed by atoms with E-state index in [9.17, 15) is 4.79 Å². The molecular weight excluding hydrogens is 246 g/mol. The van der Waals surface area contributed by atoms with Crippen molar-refractivity contribution >= 4 is 11.7 Å². The van der Waals surface area contributed by atoms with Crippen molar-refractivity contribution in [3.05, 3.63) is 17.8 Å². The van der Waals surface area contributed by atoms with E-state index in [2.05, 4.69) is 15.5 Å². The largest absolute Gasteiger partial charge is 0.383 e. The van der Waals surface area contributed by atoms with Crippen LogP contribution in [0.1, 0.15) is 17.4 Å². The van der Waals surface area contributed by atoms with Crippen LogP contribution in [0.3, 0.4) is 0 Å². The van der Waals surface area contributed by atoms with Crippen LogP contribution in [0.15, 0.2) is 12.1 Å². The number of nitrogens with zero attached hydrogens (tertiary/aromatic N) is 3. The molecule has 0 fully saturated rings. The number of aromatic nitrogens is 2. The normalized spacial score (nSPS) is 10.3. The van der Waals surface area contributed by atoms with Crippen LogP contribution < -0.4 is 16.0 Å². The maximum Gasteiger partial charge on any atom is 0.271 e. The van der Waals surface area contributed by atoms with Gasteiger partial charge in [-0.25, -0.2) is 0 Å². The second kappa shape index (κ2) is 8.39. The van der Waals surface area contributed by atoms with E-state index in [0.717, 1.165) is 0 Å². The van der Waals surface area contributed by atoms with Crippen molar-refractivity contribution in [2.24, 2.45) is 5.73 Å². The Morgan fingerprint density at radius 1 is 1.42 bits per heavy atom. The summed E-state index contributed by atoms with van der Waals surface area (Å²) in [6, 6.07) is 3.42. The number of amides is 1. The summed E-state index contributed by atoms with van der Waals surface area (Å²) >= 11 is 0. The average Bonchev–Trinajstić information content (AvgIpc) is 2.44. The molecule has 1 rings (SSSR count). The van der Waals surface area contributed by atoms with Crippen molar-refractivity contribution in [3.8, 4) is 0 Å². The molecule has 0 spiro atoms. The maximum atomic E-state index is 11.6. The summed E-state index contributed by atoms with van der Waals surface area (Å²) in [5, 5.41) is 10.7. The molecule has 106 valence electrons. The number of hydrogen-bond acceptors (Lipinski definition) is 6. The van der Waals surface area contributed by atoms with Gasteiger partial charge in [-0.1, -0.05) is 0 Å². The highest BCUT2D eigenvalue weighted by molar-refractivity contribution is 5.92. The highest BCUT2D eigenvalue weighted by atomic mass is 16.5. The molecule has 1 heterocycles. The van der Waals surface area contributed by atoms with E-state index in [-0.39, 0.29) is 5.91 Å². The number of carbonyl (C=O) groups is 1. The Bertz CT molecular complexity index is 382. The van der Waals surface area contributed by atoms with Crippen molar-refractivity contribution in [3.63, 3.8) is 0 Å². The minimum atomic E-state index is -0.219. The fraction of sp³-hybridized carbons (Fsp3) is 0.583. The van der Waals surface area contributed by atoms with Crippen LogP contribution in [-0.4, -0.2) is 56.0 Å². The highest BCUT2D eigenvalue weighted by Crippen LogP contribution is 2.08. The molecule has 1 aromatic heterocycles. The summed E-state index contributed by atoms with van der Waals surface area (Å²) in [4.78, 5) is 13.5. The average molecular weight is 267 g/mol. The fourth-order valence-electron chi connectivity index (χ4n) is 1.56. The van der Waals surface area contributed by atoms with Crippen LogP contribution in [0.25, 0.3) is 0 Å². The number of nitrogens with one attached hydrogen (secondary N) is 1. The molecule has 3 N–H and O–H groups in total. The molecule has 19 heavy (non-hydrogen) atoms. The zero-order chi connectivity index (χ0) is 14.1. The van der Waals surface area contributed by atoms with Crippen molar-refractivity contribution in [2.75, 3.05) is 44.8 Å². The summed E-state index contributed by atoms with van der Waals surface area (Å²) in [5.74, 6) is 0.472. The Hall–Kier alpha value is -1.73. The van der Waals surface area contributed by atoms with Crippen LogP contribution >= 0.6 is 0 Å². The van der Waals surface area contributed by atoms with Crippen molar-refractivity contribution in [2.45, 2.75) is 6.92 Å². The zero-order valence-corrected chi connectivity index (χ0v) is 11.4. The molecule has 0 aromatic carbocycles. The van der Waals surface area contributed by atoms with Gasteiger partial charge in [0.15, 0.2) is 11.5 Å². The van der Waals surface area contributed by atoms with Crippen LogP contribution in [0.2, 0.25) is 0 Å². The number of hydrogen-bond donors (Lipinski definition) is 2. The van der Waals surface area contributed by atoms with Gasteiger partial charge in [0.2, 0.25) is 0 Å². The lowest BCUT2D eigenvalue weighted by Gasteiger charge is -2.21. The summed E-state index contributed by atoms with van der Waals surface area (Å²) in [6.45, 7) is 4.87. The quantitative estimate of drug-likeness (QED) is 0.668. The number of carbonyl (C=O) groups excluding carboxylic acids is 1. The number of methoxy groups -OCH3 is 1. The van der Waals surface area contributed by atoms with E-state index >= 15 is 0 Å². The van der Waals surface area contributed by atoms with Crippen LogP contribution in [-0.2, 0) is 4.74 Å². The molecule has 0 atom stereocenters. The van der Waals surface area contributed by atoms with E-state index in [1.165, 1.54) is 0 Å². The molecule has 0 aliphatic carbocycles. The van der Waals surface area contributed by atoms with Gasteiger partial charge >= 0.3 is 0 Å². The molecule has 0 bridgehead atoms. The highest BCUT2D eigenvalue weighted by Gasteiger charge is 2.10. The van der Waals surface area contributed by atoms with Gasteiger partial charge < -0.3 is 20.7 Å². The van der Waals surface area contributed by atoms with Gasteiger partial charge in [-0.15, -0.1) is 10.2 Å². The molecule has 0 saturated carbocycles. The third-order valence-corrected chi connectivity index (χ3v) is 2.51. The molecule has 7 nitrogen and oxygen atoms in total. The van der Waals surface area contributed by atoms with Crippen molar-refractivity contribution in [1.29, 1.82) is 0 Å². The number of anilines is 1. The Labute approximate surface area is 113 Å². The molecule has 0 radical (unpaired) electrons. The Kier molecular flexibility index (Phi) is 6.76. The summed E-state index contributed by atoms with van der Waals surface area (Å²) in [5.41, 5.74) is 5.87. The molecule has 1 amide bonds. The maximum absolute atomic E-state index is 11.6. The van der Waals surface area contributed by atoms with Crippen LogP contribution in [0.5, 0.6) is 0 Å². The molecule has 7 heteroatoms. The second-order valence-corrected chi connectivity index (χ2v) is 3.90. The summed E-state index contributed by atoms with van der Waals surface area (Å²) in [7, 11) is 1.64. The lowest BCUT2D eigenvalue weighted by Crippen LogP contribution is -2.33. The topological polar surface area (TPSA) is 93.4 Å². The third kappa shape index (κ3) is 4.80. The van der Waals surface area contributed by atoms with Gasteiger partial charge in [0.25, 0.3) is 5.91 Å². The fourth-order valence-corrected chi connectivity index (χ4v) is 1.56. The van der Waals surface area contributed by atoms with Gasteiger partial charge in [-0.2, -0.15) is 0 Å². The molecule has 1 aromatic rings. The predicted octanol–water partition coefficient (Wildman–Crippen LogP) is -0.362. The van der Waals surface area contributed by atoms with E-state index in [1.54, 1.807) is 19.2 Å². The molecule has 0 aliphatic rings. The number of nitrogens with two attached hydrogens (primary N) is 1. The predicted molar refractivity (Wildman–Crippen MR) is 73.2 cm³/mol. The SMILES string of the molecule is CCNC(=O)c1ccc(N(CCN)CCOC)nn1. The summed E-state index contributed by atoms with van der Waals surface area (Å²) in [6.07, 6.45) is 0. The first kappa shape index (κ1) is 15.3. The van der Waals surface area contributed by atoms with Gasteiger partial charge in [0.05, 0.1) is 6.61 Å². The van der Waals surface area contributed by atoms with Gasteiger partial charge in [-0.3, -0.25) is 4.79 Å². The van der Waals surface area contributed by atoms with Gasteiger partial charge in [0, 0.05) is 33.3 Å². The van der Waals surface area contributed by atoms with E-state index in [4.69, 9.17) is 10.5 Å². The monoisotopic (exact) mass is 267 g/mol. The van der Waals surface area contributed by atoms with Crippen molar-refractivity contribution in [1.82, 2.24) is 15.5 Å². The number of ether oxygens (including phenoxy) is 1. The van der Waals surface area contributed by atoms with E-state index in [1.807, 2.05) is 11.8 Å². The van der Waals surface area contributed by atoms with Gasteiger partial charge in [0.1, 0.15) is 0 Å². The minimum absolute atomic E-state index is 0.219. The lowest BCUT2D eigenvalue weighted by atomic mass is 10.3.